The first-order chi connectivity index (χ1) is 26.3. The van der Waals surface area contributed by atoms with E-state index in [1.54, 1.807) is 24.5 Å². The Labute approximate surface area is 315 Å². The van der Waals surface area contributed by atoms with Gasteiger partial charge in [-0.15, -0.1) is 0 Å². The van der Waals surface area contributed by atoms with Gasteiger partial charge in [0.1, 0.15) is 5.75 Å². The van der Waals surface area contributed by atoms with E-state index in [0.29, 0.717) is 54.4 Å². The molecule has 0 saturated heterocycles. The molecule has 4 rings (SSSR count). The predicted molar refractivity (Wildman–Crippen MR) is 196 cm³/mol. The van der Waals surface area contributed by atoms with Crippen LogP contribution in [0.25, 0.3) is 22.8 Å². The van der Waals surface area contributed by atoms with E-state index >= 15 is 0 Å². The van der Waals surface area contributed by atoms with Crippen LogP contribution in [0.1, 0.15) is 78.5 Å². The molecule has 4 aromatic rings. The van der Waals surface area contributed by atoms with Crippen molar-refractivity contribution in [3.8, 4) is 28.5 Å². The van der Waals surface area contributed by atoms with Gasteiger partial charge in [-0.05, 0) is 68.9 Å². The Bertz CT molecular complexity index is 1890. The summed E-state index contributed by atoms with van der Waals surface area (Å²) in [4.78, 5) is 85.1. The molecule has 2 amide bonds. The molecule has 3 heterocycles. The highest BCUT2D eigenvalue weighted by molar-refractivity contribution is 6.01. The van der Waals surface area contributed by atoms with Gasteiger partial charge in [0.2, 0.25) is 0 Å². The molecule has 3 aromatic heterocycles. The lowest BCUT2D eigenvalue weighted by molar-refractivity contribution is -0.384. The molecule has 0 aliphatic rings. The summed E-state index contributed by atoms with van der Waals surface area (Å²) in [6, 6.07) is 17.7. The number of nitrogens with zero attached hydrogens (tertiary/aromatic N) is 4. The van der Waals surface area contributed by atoms with Crippen molar-refractivity contribution in [2.24, 2.45) is 0 Å². The van der Waals surface area contributed by atoms with Crippen molar-refractivity contribution in [3.63, 3.8) is 0 Å². The lowest BCUT2D eigenvalue weighted by Gasteiger charge is -2.34. The highest BCUT2D eigenvalue weighted by Crippen LogP contribution is 2.29. The van der Waals surface area contributed by atoms with Crippen molar-refractivity contribution in [1.82, 2.24) is 25.6 Å². The maximum absolute atomic E-state index is 13.5. The maximum Gasteiger partial charge on any atom is 0.303 e. The number of rotatable bonds is 22. The zero-order chi connectivity index (χ0) is 39.8. The Morgan fingerprint density at radius 2 is 1.22 bits per heavy atom. The van der Waals surface area contributed by atoms with E-state index in [-0.39, 0.29) is 36.9 Å². The molecule has 17 heteroatoms. The standard InChI is InChI=1S/C38H40N6O11/c45-33(46)10-13-38(14-11-34(47)48,15-12-35(49)50)43-37(52)26-20-25(21-27(22-26)44(53)54)36(51)41-18-4-1-7-19-55-28-23-31(29-8-2-5-16-39-29)42-32(24-28)30-9-3-6-17-40-30/h2-3,5-6,8-9,16-17,20-24H,1,4,7,10-15,18-19H2,(H,41,51)(H,43,52)(H,45,46)(H,47,48)(H,49,50). The largest absolute Gasteiger partial charge is 0.493 e. The minimum absolute atomic E-state index is 0.194. The molecular weight excluding hydrogens is 716 g/mol. The van der Waals surface area contributed by atoms with E-state index in [9.17, 15) is 49.4 Å². The second-order valence-electron chi connectivity index (χ2n) is 12.6. The SMILES string of the molecule is O=C(O)CCC(CCC(=O)O)(CCC(=O)O)NC(=O)c1cc(C(=O)NCCCCCOc2cc(-c3ccccn3)nc(-c3ccccn3)c2)cc([N+](=O)[O-])c1. The smallest absolute Gasteiger partial charge is 0.303 e. The number of nitrogens with one attached hydrogen (secondary N) is 2. The molecule has 55 heavy (non-hydrogen) atoms. The Morgan fingerprint density at radius 1 is 0.691 bits per heavy atom. The third kappa shape index (κ3) is 13.0. The fraction of sp³-hybridized carbons (Fsp3) is 0.316. The van der Waals surface area contributed by atoms with E-state index in [1.807, 2.05) is 36.4 Å². The molecule has 0 fully saturated rings. The van der Waals surface area contributed by atoms with Gasteiger partial charge in [-0.1, -0.05) is 12.1 Å². The first-order valence-electron chi connectivity index (χ1n) is 17.4. The van der Waals surface area contributed by atoms with E-state index in [4.69, 9.17) is 9.72 Å². The topological polar surface area (TPSA) is 261 Å². The van der Waals surface area contributed by atoms with E-state index in [2.05, 4.69) is 20.6 Å². The van der Waals surface area contributed by atoms with Crippen LogP contribution in [-0.4, -0.2) is 83.6 Å². The van der Waals surface area contributed by atoms with Crippen LogP contribution in [0.3, 0.4) is 0 Å². The highest BCUT2D eigenvalue weighted by atomic mass is 16.6. The third-order valence-electron chi connectivity index (χ3n) is 8.51. The summed E-state index contributed by atoms with van der Waals surface area (Å²) in [5, 5.41) is 44.8. The predicted octanol–water partition coefficient (Wildman–Crippen LogP) is 5.16. The number of ether oxygens (including phenoxy) is 1. The van der Waals surface area contributed by atoms with Crippen LogP contribution in [0, 0.1) is 10.1 Å². The van der Waals surface area contributed by atoms with Gasteiger partial charge >= 0.3 is 17.9 Å². The lowest BCUT2D eigenvalue weighted by atomic mass is 9.83. The van der Waals surface area contributed by atoms with Gasteiger partial charge in [0.05, 0.1) is 34.3 Å². The summed E-state index contributed by atoms with van der Waals surface area (Å²) in [7, 11) is 0. The van der Waals surface area contributed by atoms with Crippen LogP contribution >= 0.6 is 0 Å². The van der Waals surface area contributed by atoms with Crippen LogP contribution in [0.2, 0.25) is 0 Å². The number of aromatic nitrogens is 3. The summed E-state index contributed by atoms with van der Waals surface area (Å²) in [6.45, 7) is 0.562. The van der Waals surface area contributed by atoms with Crippen molar-refractivity contribution in [2.45, 2.75) is 63.3 Å². The van der Waals surface area contributed by atoms with Gasteiger partial charge in [0, 0.05) is 79.1 Å². The monoisotopic (exact) mass is 756 g/mol. The van der Waals surface area contributed by atoms with Crippen LogP contribution in [0.5, 0.6) is 5.75 Å². The lowest BCUT2D eigenvalue weighted by Crippen LogP contribution is -2.49. The zero-order valence-electron chi connectivity index (χ0n) is 29.7. The van der Waals surface area contributed by atoms with Gasteiger partial charge in [-0.2, -0.15) is 0 Å². The summed E-state index contributed by atoms with van der Waals surface area (Å²) in [5.74, 6) is -4.85. The Hall–Kier alpha value is -6.78. The molecule has 0 bridgehead atoms. The van der Waals surface area contributed by atoms with E-state index in [0.717, 1.165) is 18.2 Å². The van der Waals surface area contributed by atoms with Crippen molar-refractivity contribution in [1.29, 1.82) is 0 Å². The van der Waals surface area contributed by atoms with Crippen molar-refractivity contribution in [3.05, 3.63) is 100 Å². The number of carbonyl (C=O) groups is 5. The van der Waals surface area contributed by atoms with Gasteiger partial charge in [0.25, 0.3) is 17.5 Å². The molecule has 0 atom stereocenters. The van der Waals surface area contributed by atoms with Crippen LogP contribution in [0.4, 0.5) is 5.69 Å². The molecule has 0 unspecified atom stereocenters. The Kier molecular flexibility index (Phi) is 14.8. The fourth-order valence-corrected chi connectivity index (χ4v) is 5.67. The first-order valence-corrected chi connectivity index (χ1v) is 17.4. The number of non-ortho nitro benzene ring substituents is 1. The van der Waals surface area contributed by atoms with Gasteiger partial charge in [-0.3, -0.25) is 44.1 Å². The van der Waals surface area contributed by atoms with Crippen molar-refractivity contribution < 1.29 is 49.0 Å². The Morgan fingerprint density at radius 3 is 1.69 bits per heavy atom. The number of carboxylic acids is 3. The van der Waals surface area contributed by atoms with Gasteiger partial charge < -0.3 is 30.7 Å². The minimum Gasteiger partial charge on any atom is -0.493 e. The number of hydrogen-bond donors (Lipinski definition) is 5. The summed E-state index contributed by atoms with van der Waals surface area (Å²) in [6.07, 6.45) is 2.71. The summed E-state index contributed by atoms with van der Waals surface area (Å²) >= 11 is 0. The highest BCUT2D eigenvalue weighted by Gasteiger charge is 2.34. The van der Waals surface area contributed by atoms with Gasteiger partial charge in [0.15, 0.2) is 0 Å². The summed E-state index contributed by atoms with van der Waals surface area (Å²) < 4.78 is 6.04. The molecule has 0 radical (unpaired) electrons. The van der Waals surface area contributed by atoms with Crippen molar-refractivity contribution in [2.75, 3.05) is 13.2 Å². The zero-order valence-corrected chi connectivity index (χ0v) is 29.7. The van der Waals surface area contributed by atoms with E-state index < -0.39 is 65.1 Å². The normalized spacial score (nSPS) is 11.0. The molecule has 17 nitrogen and oxygen atoms in total. The third-order valence-corrected chi connectivity index (χ3v) is 8.51. The van der Waals surface area contributed by atoms with Crippen LogP contribution < -0.4 is 15.4 Å². The number of amides is 2. The number of carboxylic acid groups (broad SMARTS) is 3. The molecule has 5 N–H and O–H groups in total. The molecular formula is C38H40N6O11. The van der Waals surface area contributed by atoms with Crippen LogP contribution in [-0.2, 0) is 14.4 Å². The second kappa shape index (κ2) is 19.9. The molecule has 288 valence electrons. The number of aliphatic carboxylic acids is 3. The number of nitro benzene ring substituents is 1. The number of nitro groups is 1. The number of pyridine rings is 3. The first kappa shape index (κ1) is 41.0. The number of hydrogen-bond acceptors (Lipinski definition) is 11. The fourth-order valence-electron chi connectivity index (χ4n) is 5.67. The number of benzene rings is 1. The molecule has 1 aromatic carbocycles. The van der Waals surface area contributed by atoms with E-state index in [1.165, 1.54) is 0 Å². The van der Waals surface area contributed by atoms with Gasteiger partial charge in [-0.25, -0.2) is 4.98 Å². The number of unbranched alkanes of at least 4 members (excludes halogenated alkanes) is 2. The maximum atomic E-state index is 13.5. The Balaban J connectivity index is 1.37. The second-order valence-corrected chi connectivity index (χ2v) is 12.6. The molecule has 0 aliphatic carbocycles. The molecule has 0 spiro atoms. The van der Waals surface area contributed by atoms with Crippen LogP contribution in [0.15, 0.2) is 79.1 Å². The average molecular weight is 757 g/mol. The van der Waals surface area contributed by atoms with Crippen molar-refractivity contribution >= 4 is 35.4 Å². The summed E-state index contributed by atoms with van der Waals surface area (Å²) in [5.41, 5.74) is -0.0795. The molecule has 0 aliphatic heterocycles. The average Bonchev–Trinajstić information content (AvgIpc) is 3.18. The number of carbonyl (C=O) groups excluding carboxylic acids is 2. The molecule has 0 saturated carbocycles. The quantitative estimate of drug-likeness (QED) is 0.0394. The minimum atomic E-state index is -1.58.